The van der Waals surface area contributed by atoms with Crippen molar-refractivity contribution < 1.29 is 13.2 Å². The fraction of sp³-hybridized carbons (Fsp3) is 0.545. The molecule has 1 heterocycles. The molecule has 0 aliphatic heterocycles. The Morgan fingerprint density at radius 3 is 2.74 bits per heavy atom. The molecule has 0 unspecified atom stereocenters. The van der Waals surface area contributed by atoms with E-state index in [-0.39, 0.29) is 6.54 Å². The Labute approximate surface area is 113 Å². The van der Waals surface area contributed by atoms with Gasteiger partial charge in [0.05, 0.1) is 18.6 Å². The molecule has 0 aliphatic carbocycles. The van der Waals surface area contributed by atoms with E-state index in [0.29, 0.717) is 30.5 Å². The zero-order valence-corrected chi connectivity index (χ0v) is 12.0. The number of nitrogens with two attached hydrogens (primary N) is 1. The molecular formula is C11H20N4O3S. The highest BCUT2D eigenvalue weighted by Gasteiger charge is 2.04. The predicted molar refractivity (Wildman–Crippen MR) is 75.8 cm³/mol. The molecule has 4 N–H and O–H groups in total. The lowest BCUT2D eigenvalue weighted by Crippen LogP contribution is -2.27. The third-order valence-electron chi connectivity index (χ3n) is 2.13. The van der Waals surface area contributed by atoms with Crippen molar-refractivity contribution in [1.82, 2.24) is 9.71 Å². The average Bonchev–Trinajstić information content (AvgIpc) is 2.33. The maximum absolute atomic E-state index is 10.9. The van der Waals surface area contributed by atoms with Gasteiger partial charge >= 0.3 is 0 Å². The van der Waals surface area contributed by atoms with E-state index in [2.05, 4.69) is 15.0 Å². The molecule has 7 nitrogen and oxygen atoms in total. The van der Waals surface area contributed by atoms with Crippen LogP contribution >= 0.6 is 0 Å². The van der Waals surface area contributed by atoms with Crippen molar-refractivity contribution in [2.75, 3.05) is 37.0 Å². The number of pyridine rings is 1. The van der Waals surface area contributed by atoms with Crippen LogP contribution in [-0.2, 0) is 10.0 Å². The van der Waals surface area contributed by atoms with Crippen LogP contribution in [0.15, 0.2) is 12.1 Å². The number of nitrogen functional groups attached to an aromatic ring is 1. The van der Waals surface area contributed by atoms with Gasteiger partial charge in [-0.2, -0.15) is 4.98 Å². The Hall–Kier alpha value is -1.54. The van der Waals surface area contributed by atoms with E-state index < -0.39 is 10.0 Å². The lowest BCUT2D eigenvalue weighted by Gasteiger charge is -2.10. The molecule has 0 fully saturated rings. The monoisotopic (exact) mass is 288 g/mol. The molecule has 1 aromatic rings. The van der Waals surface area contributed by atoms with E-state index in [9.17, 15) is 8.42 Å². The number of hydrogen-bond acceptors (Lipinski definition) is 6. The highest BCUT2D eigenvalue weighted by molar-refractivity contribution is 7.88. The number of ether oxygens (including phenoxy) is 1. The Morgan fingerprint density at radius 1 is 1.37 bits per heavy atom. The van der Waals surface area contributed by atoms with Crippen LogP contribution in [0.3, 0.4) is 0 Å². The number of nitrogens with one attached hydrogen (secondary N) is 2. The molecule has 0 amide bonds. The summed E-state index contributed by atoms with van der Waals surface area (Å²) in [6.45, 7) is 3.26. The molecule has 0 saturated heterocycles. The van der Waals surface area contributed by atoms with Crippen molar-refractivity contribution >= 4 is 21.5 Å². The van der Waals surface area contributed by atoms with Gasteiger partial charge in [0.1, 0.15) is 5.82 Å². The van der Waals surface area contributed by atoms with Gasteiger partial charge < -0.3 is 15.8 Å². The maximum Gasteiger partial charge on any atom is 0.239 e. The number of anilines is 2. The van der Waals surface area contributed by atoms with Gasteiger partial charge in [-0.3, -0.25) is 0 Å². The van der Waals surface area contributed by atoms with E-state index in [4.69, 9.17) is 10.5 Å². The van der Waals surface area contributed by atoms with Crippen molar-refractivity contribution in [1.29, 1.82) is 0 Å². The van der Waals surface area contributed by atoms with Gasteiger partial charge in [0.15, 0.2) is 0 Å². The molecule has 0 aromatic carbocycles. The standard InChI is InChI=1S/C11H20N4O3S/c1-3-8-18-11-9(12)4-5-10(15-11)13-6-7-14-19(2,16)17/h4-5,14H,3,6-8,12H2,1-2H3,(H,13,15). The van der Waals surface area contributed by atoms with Crippen LogP contribution in [0.25, 0.3) is 0 Å². The number of nitrogens with zero attached hydrogens (tertiary/aromatic N) is 1. The van der Waals surface area contributed by atoms with Crippen LogP contribution in [0.5, 0.6) is 5.88 Å². The zero-order valence-electron chi connectivity index (χ0n) is 11.1. The van der Waals surface area contributed by atoms with Crippen LogP contribution in [0.1, 0.15) is 13.3 Å². The lowest BCUT2D eigenvalue weighted by molar-refractivity contribution is 0.307. The van der Waals surface area contributed by atoms with Crippen LogP contribution < -0.4 is 20.5 Å². The Balaban J connectivity index is 2.50. The minimum absolute atomic E-state index is 0.288. The number of sulfonamides is 1. The Kier molecular flexibility index (Phi) is 5.84. The summed E-state index contributed by atoms with van der Waals surface area (Å²) in [5.41, 5.74) is 6.22. The van der Waals surface area contributed by atoms with Gasteiger partial charge in [0.25, 0.3) is 0 Å². The number of hydrogen-bond donors (Lipinski definition) is 3. The normalized spacial score (nSPS) is 11.3. The van der Waals surface area contributed by atoms with Crippen LogP contribution in [-0.4, -0.2) is 39.4 Å². The van der Waals surface area contributed by atoms with Crippen LogP contribution in [0.4, 0.5) is 11.5 Å². The van der Waals surface area contributed by atoms with Gasteiger partial charge in [0, 0.05) is 13.1 Å². The molecule has 1 rings (SSSR count). The van der Waals surface area contributed by atoms with Crippen molar-refractivity contribution in [2.45, 2.75) is 13.3 Å². The highest BCUT2D eigenvalue weighted by Crippen LogP contribution is 2.20. The molecule has 0 saturated carbocycles. The van der Waals surface area contributed by atoms with Crippen molar-refractivity contribution in [3.05, 3.63) is 12.1 Å². The first-order chi connectivity index (χ1) is 8.92. The first-order valence-electron chi connectivity index (χ1n) is 6.00. The topological polar surface area (TPSA) is 106 Å². The summed E-state index contributed by atoms with van der Waals surface area (Å²) in [7, 11) is -3.16. The van der Waals surface area contributed by atoms with Crippen LogP contribution in [0, 0.1) is 0 Å². The summed E-state index contributed by atoms with van der Waals surface area (Å²) in [5.74, 6) is 0.985. The van der Waals surface area contributed by atoms with E-state index in [1.807, 2.05) is 6.92 Å². The van der Waals surface area contributed by atoms with Gasteiger partial charge in [-0.15, -0.1) is 0 Å². The molecule has 0 atom stereocenters. The molecule has 0 spiro atoms. The number of aromatic nitrogens is 1. The first kappa shape index (κ1) is 15.5. The number of rotatable bonds is 8. The zero-order chi connectivity index (χ0) is 14.3. The molecule has 8 heteroatoms. The third kappa shape index (κ3) is 6.25. The molecule has 108 valence electrons. The second-order valence-electron chi connectivity index (χ2n) is 4.03. The van der Waals surface area contributed by atoms with Crippen molar-refractivity contribution in [2.24, 2.45) is 0 Å². The largest absolute Gasteiger partial charge is 0.476 e. The van der Waals surface area contributed by atoms with E-state index in [1.165, 1.54) is 0 Å². The predicted octanol–water partition coefficient (Wildman–Crippen LogP) is 0.414. The Bertz CT molecular complexity index is 505. The second-order valence-corrected chi connectivity index (χ2v) is 5.87. The highest BCUT2D eigenvalue weighted by atomic mass is 32.2. The summed E-state index contributed by atoms with van der Waals surface area (Å²) in [6.07, 6.45) is 1.99. The van der Waals surface area contributed by atoms with Crippen molar-refractivity contribution in [3.63, 3.8) is 0 Å². The molecule has 0 bridgehead atoms. The summed E-state index contributed by atoms with van der Waals surface area (Å²) >= 11 is 0. The summed E-state index contributed by atoms with van der Waals surface area (Å²) in [6, 6.07) is 3.42. The fourth-order valence-corrected chi connectivity index (χ4v) is 1.76. The third-order valence-corrected chi connectivity index (χ3v) is 2.86. The molecule has 0 radical (unpaired) electrons. The molecule has 0 aliphatic rings. The van der Waals surface area contributed by atoms with Gasteiger partial charge in [0.2, 0.25) is 15.9 Å². The van der Waals surface area contributed by atoms with Gasteiger partial charge in [-0.25, -0.2) is 13.1 Å². The summed E-state index contributed by atoms with van der Waals surface area (Å²) in [4.78, 5) is 4.21. The second kappa shape index (κ2) is 7.15. The molecule has 1 aromatic heterocycles. The SMILES string of the molecule is CCCOc1nc(NCCNS(C)(=O)=O)ccc1N. The van der Waals surface area contributed by atoms with Gasteiger partial charge in [-0.1, -0.05) is 6.92 Å². The smallest absolute Gasteiger partial charge is 0.239 e. The van der Waals surface area contributed by atoms with E-state index in [0.717, 1.165) is 12.7 Å². The minimum Gasteiger partial charge on any atom is -0.476 e. The summed E-state index contributed by atoms with van der Waals surface area (Å²) < 4.78 is 29.5. The van der Waals surface area contributed by atoms with Gasteiger partial charge in [-0.05, 0) is 18.6 Å². The van der Waals surface area contributed by atoms with E-state index >= 15 is 0 Å². The fourth-order valence-electron chi connectivity index (χ4n) is 1.29. The Morgan fingerprint density at radius 2 is 2.11 bits per heavy atom. The quantitative estimate of drug-likeness (QED) is 0.598. The maximum atomic E-state index is 10.9. The van der Waals surface area contributed by atoms with E-state index in [1.54, 1.807) is 12.1 Å². The van der Waals surface area contributed by atoms with Crippen molar-refractivity contribution in [3.8, 4) is 5.88 Å². The average molecular weight is 288 g/mol. The molecule has 19 heavy (non-hydrogen) atoms. The lowest BCUT2D eigenvalue weighted by atomic mass is 10.4. The minimum atomic E-state index is -3.16. The summed E-state index contributed by atoms with van der Waals surface area (Å²) in [5, 5.41) is 2.99. The molecular weight excluding hydrogens is 268 g/mol. The van der Waals surface area contributed by atoms with Crippen LogP contribution in [0.2, 0.25) is 0 Å². The first-order valence-corrected chi connectivity index (χ1v) is 7.89.